The third-order valence-corrected chi connectivity index (χ3v) is 4.95. The van der Waals surface area contributed by atoms with Crippen LogP contribution in [0.25, 0.3) is 11.2 Å². The van der Waals surface area contributed by atoms with E-state index in [9.17, 15) is 9.59 Å². The second-order valence-corrected chi connectivity index (χ2v) is 6.93. The van der Waals surface area contributed by atoms with E-state index >= 15 is 0 Å². The Labute approximate surface area is 172 Å². The van der Waals surface area contributed by atoms with E-state index in [0.29, 0.717) is 23.7 Å². The van der Waals surface area contributed by atoms with Gasteiger partial charge in [0.25, 0.3) is 5.56 Å². The van der Waals surface area contributed by atoms with Gasteiger partial charge in [-0.25, -0.2) is 10.2 Å². The fourth-order valence-corrected chi connectivity index (χ4v) is 3.24. The molecule has 0 spiro atoms. The van der Waals surface area contributed by atoms with Gasteiger partial charge in [0.15, 0.2) is 11.2 Å². The largest absolute Gasteiger partial charge is 0.332 e. The predicted octanol–water partition coefficient (Wildman–Crippen LogP) is 1.71. The Balaban J connectivity index is 1.87. The van der Waals surface area contributed by atoms with Crippen molar-refractivity contribution in [3.8, 4) is 0 Å². The van der Waals surface area contributed by atoms with Gasteiger partial charge in [0.05, 0.1) is 12.3 Å². The van der Waals surface area contributed by atoms with Crippen LogP contribution in [0.3, 0.4) is 0 Å². The van der Waals surface area contributed by atoms with Crippen molar-refractivity contribution in [3.05, 3.63) is 86.8 Å². The van der Waals surface area contributed by atoms with Crippen molar-refractivity contribution < 1.29 is 0 Å². The summed E-state index contributed by atoms with van der Waals surface area (Å²) < 4.78 is 4.19. The van der Waals surface area contributed by atoms with Gasteiger partial charge in [-0.3, -0.25) is 23.5 Å². The molecule has 9 heteroatoms. The highest BCUT2D eigenvalue weighted by Crippen LogP contribution is 2.18. The first-order chi connectivity index (χ1) is 14.5. The van der Waals surface area contributed by atoms with Crippen LogP contribution in [0.5, 0.6) is 0 Å². The van der Waals surface area contributed by atoms with Crippen molar-refractivity contribution in [2.45, 2.75) is 13.5 Å². The van der Waals surface area contributed by atoms with Crippen LogP contribution in [0.1, 0.15) is 18.1 Å². The van der Waals surface area contributed by atoms with Gasteiger partial charge in [-0.1, -0.05) is 30.3 Å². The number of pyridine rings is 1. The molecule has 3 heterocycles. The number of imidazole rings is 1. The number of nitrogens with one attached hydrogen (secondary N) is 1. The third-order valence-electron chi connectivity index (χ3n) is 4.95. The maximum absolute atomic E-state index is 12.9. The van der Waals surface area contributed by atoms with E-state index in [4.69, 9.17) is 0 Å². The zero-order valence-corrected chi connectivity index (χ0v) is 16.9. The minimum Gasteiger partial charge on any atom is -0.298 e. The monoisotopic (exact) mass is 403 g/mol. The Kier molecular flexibility index (Phi) is 5.01. The van der Waals surface area contributed by atoms with Crippen LogP contribution >= 0.6 is 0 Å². The first-order valence-electron chi connectivity index (χ1n) is 9.38. The SMILES string of the molecule is C/C(=N\Nc1nc2c(c(=O)n(C)c(=O)n2C)n1Cc1ccccc1)c1ccncc1. The number of nitrogens with zero attached hydrogens (tertiary/aromatic N) is 6. The molecule has 152 valence electrons. The molecule has 0 radical (unpaired) electrons. The predicted molar refractivity (Wildman–Crippen MR) is 116 cm³/mol. The number of hydrazone groups is 1. The lowest BCUT2D eigenvalue weighted by molar-refractivity contribution is 0.702. The van der Waals surface area contributed by atoms with Crippen molar-refractivity contribution in [2.24, 2.45) is 19.2 Å². The summed E-state index contributed by atoms with van der Waals surface area (Å²) in [5.41, 5.74) is 5.41. The summed E-state index contributed by atoms with van der Waals surface area (Å²) in [6.07, 6.45) is 3.39. The summed E-state index contributed by atoms with van der Waals surface area (Å²) in [6.45, 7) is 2.26. The van der Waals surface area contributed by atoms with E-state index in [1.165, 1.54) is 11.6 Å². The van der Waals surface area contributed by atoms with Crippen LogP contribution in [-0.4, -0.2) is 29.4 Å². The summed E-state index contributed by atoms with van der Waals surface area (Å²) >= 11 is 0. The molecule has 1 aromatic carbocycles. The lowest BCUT2D eigenvalue weighted by atomic mass is 10.2. The zero-order chi connectivity index (χ0) is 21.3. The lowest BCUT2D eigenvalue weighted by Gasteiger charge is -2.10. The fraction of sp³-hybridized carbons (Fsp3) is 0.190. The molecule has 0 aliphatic carbocycles. The number of rotatable bonds is 5. The van der Waals surface area contributed by atoms with Gasteiger partial charge in [-0.2, -0.15) is 10.1 Å². The number of benzene rings is 1. The molecule has 3 aromatic heterocycles. The highest BCUT2D eigenvalue weighted by atomic mass is 16.2. The first-order valence-corrected chi connectivity index (χ1v) is 9.38. The highest BCUT2D eigenvalue weighted by molar-refractivity contribution is 5.98. The van der Waals surface area contributed by atoms with E-state index in [2.05, 4.69) is 20.5 Å². The van der Waals surface area contributed by atoms with Crippen molar-refractivity contribution in [1.82, 2.24) is 23.7 Å². The maximum atomic E-state index is 12.9. The minimum absolute atomic E-state index is 0.304. The molecule has 0 fully saturated rings. The molecule has 0 aliphatic heterocycles. The number of fused-ring (bicyclic) bond motifs is 1. The molecule has 0 saturated carbocycles. The van der Waals surface area contributed by atoms with E-state index < -0.39 is 11.2 Å². The molecule has 0 saturated heterocycles. The molecule has 4 rings (SSSR count). The average molecular weight is 403 g/mol. The lowest BCUT2D eigenvalue weighted by Crippen LogP contribution is -2.37. The summed E-state index contributed by atoms with van der Waals surface area (Å²) in [5, 5.41) is 4.43. The number of hydrogen-bond donors (Lipinski definition) is 1. The molecule has 0 unspecified atom stereocenters. The molecule has 4 aromatic rings. The molecular weight excluding hydrogens is 382 g/mol. The van der Waals surface area contributed by atoms with Crippen molar-refractivity contribution >= 4 is 22.8 Å². The van der Waals surface area contributed by atoms with Gasteiger partial charge >= 0.3 is 5.69 Å². The molecule has 1 N–H and O–H groups in total. The highest BCUT2D eigenvalue weighted by Gasteiger charge is 2.19. The topological polar surface area (TPSA) is 99.1 Å². The van der Waals surface area contributed by atoms with Gasteiger partial charge in [-0.15, -0.1) is 0 Å². The Morgan fingerprint density at radius 1 is 1.03 bits per heavy atom. The molecule has 0 aliphatic rings. The fourth-order valence-electron chi connectivity index (χ4n) is 3.24. The normalized spacial score (nSPS) is 11.8. The van der Waals surface area contributed by atoms with Crippen molar-refractivity contribution in [3.63, 3.8) is 0 Å². The second kappa shape index (κ2) is 7.78. The number of hydrogen-bond acceptors (Lipinski definition) is 6. The Hall–Kier alpha value is -4.01. The van der Waals surface area contributed by atoms with Gasteiger partial charge in [0.1, 0.15) is 0 Å². The molecule has 0 bridgehead atoms. The average Bonchev–Trinajstić information content (AvgIpc) is 3.14. The van der Waals surface area contributed by atoms with Crippen LogP contribution in [-0.2, 0) is 20.6 Å². The number of anilines is 1. The molecule has 9 nitrogen and oxygen atoms in total. The van der Waals surface area contributed by atoms with Crippen molar-refractivity contribution in [1.29, 1.82) is 0 Å². The molecule has 0 atom stereocenters. The minimum atomic E-state index is -0.431. The van der Waals surface area contributed by atoms with Crippen LogP contribution in [0.15, 0.2) is 69.5 Å². The Morgan fingerprint density at radius 3 is 2.43 bits per heavy atom. The van der Waals surface area contributed by atoms with Crippen LogP contribution in [0, 0.1) is 0 Å². The van der Waals surface area contributed by atoms with Gasteiger partial charge in [0.2, 0.25) is 5.95 Å². The summed E-state index contributed by atoms with van der Waals surface area (Å²) in [4.78, 5) is 33.8. The Morgan fingerprint density at radius 2 is 1.73 bits per heavy atom. The smallest absolute Gasteiger partial charge is 0.298 e. The second-order valence-electron chi connectivity index (χ2n) is 6.93. The summed E-state index contributed by atoms with van der Waals surface area (Å²) in [6, 6.07) is 13.4. The zero-order valence-electron chi connectivity index (χ0n) is 16.9. The van der Waals surface area contributed by atoms with E-state index in [0.717, 1.165) is 21.4 Å². The standard InChI is InChI=1S/C21H21N7O2/c1-14(16-9-11-22-12-10-16)24-25-20-23-18-17(19(29)27(3)21(30)26(18)2)28(20)13-15-7-5-4-6-8-15/h4-12H,13H2,1-3H3,(H,23,25)/b24-14+. The van der Waals surface area contributed by atoms with Crippen LogP contribution < -0.4 is 16.7 Å². The first kappa shape index (κ1) is 19.3. The Bertz CT molecular complexity index is 1350. The van der Waals surface area contributed by atoms with Gasteiger partial charge < -0.3 is 0 Å². The molecule has 0 amide bonds. The van der Waals surface area contributed by atoms with Crippen LogP contribution in [0.2, 0.25) is 0 Å². The maximum Gasteiger partial charge on any atom is 0.332 e. The van der Waals surface area contributed by atoms with Gasteiger partial charge in [0, 0.05) is 32.1 Å². The summed E-state index contributed by atoms with van der Waals surface area (Å²) in [7, 11) is 3.06. The number of aromatic nitrogens is 5. The third kappa shape index (κ3) is 3.41. The quantitative estimate of drug-likeness (QED) is 0.404. The van der Waals surface area contributed by atoms with Gasteiger partial charge in [-0.05, 0) is 24.6 Å². The van der Waals surface area contributed by atoms with E-state index in [1.807, 2.05) is 49.4 Å². The van der Waals surface area contributed by atoms with Crippen LogP contribution in [0.4, 0.5) is 5.95 Å². The number of aryl methyl sites for hydroxylation is 1. The van der Waals surface area contributed by atoms with E-state index in [-0.39, 0.29) is 0 Å². The van der Waals surface area contributed by atoms with Crippen molar-refractivity contribution in [2.75, 3.05) is 5.43 Å². The van der Waals surface area contributed by atoms with E-state index in [1.54, 1.807) is 24.0 Å². The summed E-state index contributed by atoms with van der Waals surface area (Å²) in [5.74, 6) is 0.376. The molecular formula is C21H21N7O2. The molecule has 30 heavy (non-hydrogen) atoms.